The van der Waals surface area contributed by atoms with Crippen molar-refractivity contribution < 1.29 is 13.9 Å². The highest BCUT2D eigenvalue weighted by molar-refractivity contribution is 5.67. The lowest BCUT2D eigenvalue weighted by Gasteiger charge is -2.05. The first-order chi connectivity index (χ1) is 10.6. The van der Waals surface area contributed by atoms with Gasteiger partial charge in [-0.05, 0) is 35.7 Å². The summed E-state index contributed by atoms with van der Waals surface area (Å²) in [5.41, 5.74) is 2.42. The molecule has 0 atom stereocenters. The van der Waals surface area contributed by atoms with Gasteiger partial charge in [0.05, 0.1) is 0 Å². The van der Waals surface area contributed by atoms with Crippen molar-refractivity contribution in [3.8, 4) is 0 Å². The number of nitrogens with one attached hydrogen (secondary N) is 1. The first kappa shape index (κ1) is 15.8. The maximum atomic E-state index is 13.1. The second-order valence-electron chi connectivity index (χ2n) is 4.85. The Kier molecular flexibility index (Phi) is 5.72. The molecule has 2 aromatic rings. The summed E-state index contributed by atoms with van der Waals surface area (Å²) < 4.78 is 18.2. The third kappa shape index (κ3) is 5.05. The van der Waals surface area contributed by atoms with Crippen LogP contribution in [0.5, 0.6) is 0 Å². The van der Waals surface area contributed by atoms with Crippen molar-refractivity contribution in [3.63, 3.8) is 0 Å². The minimum absolute atomic E-state index is 0.222. The van der Waals surface area contributed by atoms with Gasteiger partial charge in [-0.3, -0.25) is 0 Å². The van der Waals surface area contributed by atoms with Gasteiger partial charge >= 0.3 is 6.09 Å². The van der Waals surface area contributed by atoms with Gasteiger partial charge in [0.15, 0.2) is 0 Å². The van der Waals surface area contributed by atoms with Crippen LogP contribution >= 0.6 is 0 Å². The van der Waals surface area contributed by atoms with Crippen molar-refractivity contribution in [2.24, 2.45) is 0 Å². The number of alkyl carbamates (subject to hydrolysis) is 1. The normalized spacial score (nSPS) is 10.6. The summed E-state index contributed by atoms with van der Waals surface area (Å²) in [7, 11) is 0. The molecule has 0 unspecified atom stereocenters. The molecule has 1 amide bonds. The van der Waals surface area contributed by atoms with E-state index in [-0.39, 0.29) is 12.4 Å². The largest absolute Gasteiger partial charge is 0.445 e. The van der Waals surface area contributed by atoms with Crippen LogP contribution in [-0.4, -0.2) is 12.6 Å². The van der Waals surface area contributed by atoms with Gasteiger partial charge in [0.1, 0.15) is 12.4 Å². The molecule has 4 heteroatoms. The Hall–Kier alpha value is -2.62. The molecule has 22 heavy (non-hydrogen) atoms. The van der Waals surface area contributed by atoms with Crippen LogP contribution in [-0.2, 0) is 11.3 Å². The quantitative estimate of drug-likeness (QED) is 0.903. The number of hydrogen-bond donors (Lipinski definition) is 1. The van der Waals surface area contributed by atoms with Gasteiger partial charge in [0.25, 0.3) is 0 Å². The Bertz CT molecular complexity index is 653. The van der Waals surface area contributed by atoms with E-state index in [1.54, 1.807) is 25.1 Å². The van der Waals surface area contributed by atoms with E-state index in [2.05, 4.69) is 5.32 Å². The van der Waals surface area contributed by atoms with Gasteiger partial charge in [-0.15, -0.1) is 0 Å². The third-order valence-corrected chi connectivity index (χ3v) is 3.07. The second-order valence-corrected chi connectivity index (χ2v) is 4.85. The summed E-state index contributed by atoms with van der Waals surface area (Å²) in [6.07, 6.45) is 3.14. The smallest absolute Gasteiger partial charge is 0.407 e. The predicted octanol–water partition coefficient (Wildman–Crippen LogP) is 4.07. The fourth-order valence-corrected chi connectivity index (χ4v) is 1.88. The minimum atomic E-state index is -0.469. The second kappa shape index (κ2) is 7.98. The molecule has 0 spiro atoms. The van der Waals surface area contributed by atoms with E-state index in [0.29, 0.717) is 12.1 Å². The monoisotopic (exact) mass is 299 g/mol. The Morgan fingerprint density at radius 1 is 1.23 bits per heavy atom. The highest BCUT2D eigenvalue weighted by atomic mass is 19.1. The van der Waals surface area contributed by atoms with E-state index in [1.807, 2.05) is 36.4 Å². The van der Waals surface area contributed by atoms with Crippen LogP contribution in [0.25, 0.3) is 6.08 Å². The van der Waals surface area contributed by atoms with Crippen LogP contribution in [0.15, 0.2) is 54.6 Å². The van der Waals surface area contributed by atoms with Gasteiger partial charge in [0, 0.05) is 6.54 Å². The number of carbonyl (C=O) groups excluding carboxylic acids is 1. The average Bonchev–Trinajstić information content (AvgIpc) is 2.54. The Labute approximate surface area is 129 Å². The molecule has 0 aliphatic rings. The van der Waals surface area contributed by atoms with Crippen LogP contribution in [0.1, 0.15) is 16.7 Å². The summed E-state index contributed by atoms with van der Waals surface area (Å²) >= 11 is 0. The van der Waals surface area contributed by atoms with Crippen molar-refractivity contribution >= 4 is 12.2 Å². The number of aryl methyl sites for hydroxylation is 1. The van der Waals surface area contributed by atoms with E-state index >= 15 is 0 Å². The SMILES string of the molecule is Cc1cc(C=CCNC(=O)OCc2ccccc2)ccc1F. The predicted molar refractivity (Wildman–Crippen MR) is 84.8 cm³/mol. The highest BCUT2D eigenvalue weighted by Crippen LogP contribution is 2.10. The summed E-state index contributed by atoms with van der Waals surface area (Å²) in [6.45, 7) is 2.31. The molecular formula is C18H18FNO2. The van der Waals surface area contributed by atoms with Gasteiger partial charge in [-0.1, -0.05) is 48.6 Å². The molecule has 0 radical (unpaired) electrons. The molecule has 114 valence electrons. The van der Waals surface area contributed by atoms with Crippen molar-refractivity contribution in [2.45, 2.75) is 13.5 Å². The van der Waals surface area contributed by atoms with Gasteiger partial charge in [-0.2, -0.15) is 0 Å². The van der Waals surface area contributed by atoms with Crippen LogP contribution in [0.3, 0.4) is 0 Å². The topological polar surface area (TPSA) is 38.3 Å². The van der Waals surface area contributed by atoms with Gasteiger partial charge in [0.2, 0.25) is 0 Å². The number of rotatable bonds is 5. The molecule has 0 saturated heterocycles. The van der Waals surface area contributed by atoms with E-state index < -0.39 is 6.09 Å². The van der Waals surface area contributed by atoms with Crippen molar-refractivity contribution in [1.29, 1.82) is 0 Å². The zero-order valence-corrected chi connectivity index (χ0v) is 12.4. The van der Waals surface area contributed by atoms with Crippen LogP contribution in [0, 0.1) is 12.7 Å². The fourth-order valence-electron chi connectivity index (χ4n) is 1.88. The lowest BCUT2D eigenvalue weighted by atomic mass is 10.1. The van der Waals surface area contributed by atoms with Crippen molar-refractivity contribution in [1.82, 2.24) is 5.32 Å². The summed E-state index contributed by atoms with van der Waals surface area (Å²) in [5, 5.41) is 2.63. The molecule has 0 bridgehead atoms. The standard InChI is InChI=1S/C18H18FNO2/c1-14-12-15(9-10-17(14)19)8-5-11-20-18(21)22-13-16-6-3-2-4-7-16/h2-10,12H,11,13H2,1H3,(H,20,21). The average molecular weight is 299 g/mol. The third-order valence-electron chi connectivity index (χ3n) is 3.07. The number of carbonyl (C=O) groups is 1. The summed E-state index contributed by atoms with van der Waals surface area (Å²) in [4.78, 5) is 11.5. The molecule has 2 aromatic carbocycles. The molecule has 0 aliphatic heterocycles. The number of hydrogen-bond acceptors (Lipinski definition) is 2. The van der Waals surface area contributed by atoms with E-state index in [0.717, 1.165) is 11.1 Å². The minimum Gasteiger partial charge on any atom is -0.445 e. The molecular weight excluding hydrogens is 281 g/mol. The zero-order valence-electron chi connectivity index (χ0n) is 12.4. The first-order valence-corrected chi connectivity index (χ1v) is 7.02. The molecule has 2 rings (SSSR count). The Balaban J connectivity index is 1.72. The fraction of sp³-hybridized carbons (Fsp3) is 0.167. The zero-order chi connectivity index (χ0) is 15.8. The highest BCUT2D eigenvalue weighted by Gasteiger charge is 2.00. The van der Waals surface area contributed by atoms with E-state index in [4.69, 9.17) is 4.74 Å². The Morgan fingerprint density at radius 2 is 2.00 bits per heavy atom. The van der Waals surface area contributed by atoms with Gasteiger partial charge in [-0.25, -0.2) is 9.18 Å². The summed E-state index contributed by atoms with van der Waals surface area (Å²) in [6, 6.07) is 14.3. The van der Waals surface area contributed by atoms with Crippen molar-refractivity contribution in [2.75, 3.05) is 6.54 Å². The number of halogens is 1. The van der Waals surface area contributed by atoms with Crippen LogP contribution in [0.4, 0.5) is 9.18 Å². The maximum Gasteiger partial charge on any atom is 0.407 e. The lowest BCUT2D eigenvalue weighted by Crippen LogP contribution is -2.24. The lowest BCUT2D eigenvalue weighted by molar-refractivity contribution is 0.141. The summed E-state index contributed by atoms with van der Waals surface area (Å²) in [5.74, 6) is -0.222. The molecule has 0 fully saturated rings. The number of benzene rings is 2. The molecule has 0 aliphatic carbocycles. The van der Waals surface area contributed by atoms with Crippen LogP contribution in [0.2, 0.25) is 0 Å². The number of ether oxygens (including phenoxy) is 1. The molecule has 0 heterocycles. The Morgan fingerprint density at radius 3 is 2.73 bits per heavy atom. The maximum absolute atomic E-state index is 13.1. The van der Waals surface area contributed by atoms with E-state index in [1.165, 1.54) is 6.07 Å². The van der Waals surface area contributed by atoms with Crippen molar-refractivity contribution in [3.05, 3.63) is 77.1 Å². The van der Waals surface area contributed by atoms with Crippen LogP contribution < -0.4 is 5.32 Å². The number of amides is 1. The van der Waals surface area contributed by atoms with Gasteiger partial charge < -0.3 is 10.1 Å². The molecule has 3 nitrogen and oxygen atoms in total. The molecule has 0 saturated carbocycles. The van der Waals surface area contributed by atoms with E-state index in [9.17, 15) is 9.18 Å². The molecule has 0 aromatic heterocycles. The first-order valence-electron chi connectivity index (χ1n) is 7.02. The molecule has 1 N–H and O–H groups in total.